The molecular weight excluding hydrogens is 385 g/mol. The fourth-order valence-electron chi connectivity index (χ4n) is 2.38. The maximum atomic E-state index is 12.9. The number of aromatic nitrogens is 4. The molecule has 10 heteroatoms. The Morgan fingerprint density at radius 3 is 2.57 bits per heavy atom. The van der Waals surface area contributed by atoms with Gasteiger partial charge in [0.25, 0.3) is 5.69 Å². The van der Waals surface area contributed by atoms with Gasteiger partial charge in [-0.05, 0) is 48.0 Å². The van der Waals surface area contributed by atoms with E-state index in [0.717, 1.165) is 5.56 Å². The lowest BCUT2D eigenvalue weighted by atomic mass is 10.2. The van der Waals surface area contributed by atoms with Crippen molar-refractivity contribution in [2.75, 3.05) is 0 Å². The number of nitro benzene ring substituents is 1. The molecule has 0 radical (unpaired) electrons. The van der Waals surface area contributed by atoms with Gasteiger partial charge in [0, 0.05) is 12.1 Å². The number of fused-ring (bicyclic) bond motifs is 1. The lowest BCUT2D eigenvalue weighted by Crippen LogP contribution is -2.02. The van der Waals surface area contributed by atoms with Crippen molar-refractivity contribution in [1.29, 1.82) is 0 Å². The molecule has 0 saturated heterocycles. The Kier molecular flexibility index (Phi) is 4.77. The smallest absolute Gasteiger partial charge is 0.269 e. The summed E-state index contributed by atoms with van der Waals surface area (Å²) in [6.07, 6.45) is 3.61. The number of nitro groups is 1. The van der Waals surface area contributed by atoms with Gasteiger partial charge in [-0.2, -0.15) is 9.61 Å². The molecule has 0 aliphatic rings. The van der Waals surface area contributed by atoms with Crippen LogP contribution in [0.25, 0.3) is 17.1 Å². The van der Waals surface area contributed by atoms with Crippen LogP contribution in [-0.2, 0) is 6.61 Å². The molecule has 4 rings (SSSR count). The molecule has 2 aromatic carbocycles. The average molecular weight is 397 g/mol. The molecule has 0 aliphatic heterocycles. The fraction of sp³-hybridized carbons (Fsp3) is 0.0556. The predicted molar refractivity (Wildman–Crippen MR) is 101 cm³/mol. The van der Waals surface area contributed by atoms with Crippen LogP contribution in [0.3, 0.4) is 0 Å². The topological polar surface area (TPSA) is 95.5 Å². The number of rotatable bonds is 6. The van der Waals surface area contributed by atoms with E-state index in [1.807, 2.05) is 6.08 Å². The van der Waals surface area contributed by atoms with Gasteiger partial charge in [-0.3, -0.25) is 10.1 Å². The van der Waals surface area contributed by atoms with Crippen molar-refractivity contribution >= 4 is 34.1 Å². The van der Waals surface area contributed by atoms with Gasteiger partial charge in [-0.15, -0.1) is 10.2 Å². The zero-order chi connectivity index (χ0) is 19.5. The minimum absolute atomic E-state index is 0.0433. The normalized spacial score (nSPS) is 11.3. The van der Waals surface area contributed by atoms with Crippen molar-refractivity contribution in [3.05, 3.63) is 80.9 Å². The number of hydrogen-bond donors (Lipinski definition) is 0. The Bertz CT molecular complexity index is 1150. The molecule has 0 aliphatic carbocycles. The Balaban J connectivity index is 1.47. The zero-order valence-corrected chi connectivity index (χ0v) is 15.0. The number of non-ortho nitro benzene ring substituents is 1. The van der Waals surface area contributed by atoms with Gasteiger partial charge in [0.1, 0.15) is 23.2 Å². The van der Waals surface area contributed by atoms with Crippen molar-refractivity contribution in [2.24, 2.45) is 0 Å². The van der Waals surface area contributed by atoms with Crippen LogP contribution < -0.4 is 4.74 Å². The van der Waals surface area contributed by atoms with Crippen LogP contribution in [0.1, 0.15) is 16.4 Å². The molecule has 2 aromatic heterocycles. The summed E-state index contributed by atoms with van der Waals surface area (Å²) in [5, 5.41) is 23.9. The average Bonchev–Trinajstić information content (AvgIpc) is 3.27. The molecular formula is C18H12FN5O3S. The van der Waals surface area contributed by atoms with Gasteiger partial charge in [-0.1, -0.05) is 17.4 Å². The van der Waals surface area contributed by atoms with Crippen molar-refractivity contribution in [3.8, 4) is 5.75 Å². The van der Waals surface area contributed by atoms with E-state index < -0.39 is 4.92 Å². The first-order chi connectivity index (χ1) is 13.6. The molecule has 0 unspecified atom stereocenters. The van der Waals surface area contributed by atoms with Crippen LogP contribution in [0.15, 0.2) is 48.5 Å². The maximum Gasteiger partial charge on any atom is 0.269 e. The molecule has 0 amide bonds. The van der Waals surface area contributed by atoms with Gasteiger partial charge >= 0.3 is 0 Å². The molecule has 0 spiro atoms. The lowest BCUT2D eigenvalue weighted by molar-refractivity contribution is -0.384. The quantitative estimate of drug-likeness (QED) is 0.361. The van der Waals surface area contributed by atoms with Gasteiger partial charge in [0.2, 0.25) is 4.96 Å². The highest BCUT2D eigenvalue weighted by Crippen LogP contribution is 2.19. The minimum Gasteiger partial charge on any atom is -0.486 e. The second-order valence-corrected chi connectivity index (χ2v) is 6.66. The van der Waals surface area contributed by atoms with Crippen LogP contribution in [0, 0.1) is 15.9 Å². The molecule has 2 heterocycles. The molecule has 0 N–H and O–H groups in total. The van der Waals surface area contributed by atoms with Gasteiger partial charge in [0.15, 0.2) is 5.82 Å². The standard InChI is InChI=1S/C18H12FN5O3S/c19-13-4-8-15(9-5-13)27-11-16-20-21-18-23(16)22-17(28-18)10-3-12-1-6-14(7-2-12)24(25)26/h1-10H,11H2. The third kappa shape index (κ3) is 3.86. The van der Waals surface area contributed by atoms with E-state index >= 15 is 0 Å². The van der Waals surface area contributed by atoms with Crippen molar-refractivity contribution < 1.29 is 14.1 Å². The Morgan fingerprint density at radius 1 is 1.11 bits per heavy atom. The van der Waals surface area contributed by atoms with Crippen molar-refractivity contribution in [1.82, 2.24) is 19.8 Å². The first kappa shape index (κ1) is 17.7. The summed E-state index contributed by atoms with van der Waals surface area (Å²) in [5.41, 5.74) is 0.859. The molecule has 28 heavy (non-hydrogen) atoms. The van der Waals surface area contributed by atoms with E-state index in [1.165, 1.54) is 47.7 Å². The maximum absolute atomic E-state index is 12.9. The van der Waals surface area contributed by atoms with Gasteiger partial charge in [0.05, 0.1) is 4.92 Å². The summed E-state index contributed by atoms with van der Waals surface area (Å²) in [5.74, 6) is 0.707. The highest BCUT2D eigenvalue weighted by atomic mass is 32.1. The molecule has 4 aromatic rings. The van der Waals surface area contributed by atoms with E-state index in [-0.39, 0.29) is 18.1 Å². The van der Waals surface area contributed by atoms with E-state index in [1.54, 1.807) is 22.7 Å². The van der Waals surface area contributed by atoms with Crippen LogP contribution in [0.5, 0.6) is 5.75 Å². The third-order valence-corrected chi connectivity index (χ3v) is 4.64. The molecule has 8 nitrogen and oxygen atoms in total. The van der Waals surface area contributed by atoms with Gasteiger partial charge < -0.3 is 4.74 Å². The molecule has 140 valence electrons. The van der Waals surface area contributed by atoms with Crippen molar-refractivity contribution in [2.45, 2.75) is 6.61 Å². The highest BCUT2D eigenvalue weighted by Gasteiger charge is 2.11. The molecule has 0 fully saturated rings. The first-order valence-corrected chi connectivity index (χ1v) is 8.92. The number of halogens is 1. The molecule has 0 bridgehead atoms. The number of benzene rings is 2. The van der Waals surface area contributed by atoms with Gasteiger partial charge in [-0.25, -0.2) is 4.39 Å². The second-order valence-electron chi connectivity index (χ2n) is 5.68. The SMILES string of the molecule is O=[N+]([O-])c1ccc(C=Cc2nn3c(COc4ccc(F)cc4)nnc3s2)cc1. The molecule has 0 atom stereocenters. The van der Waals surface area contributed by atoms with E-state index in [4.69, 9.17) is 4.74 Å². The fourth-order valence-corrected chi connectivity index (χ4v) is 3.14. The van der Waals surface area contributed by atoms with E-state index in [2.05, 4.69) is 15.3 Å². The summed E-state index contributed by atoms with van der Waals surface area (Å²) >= 11 is 1.35. The predicted octanol–water partition coefficient (Wildman–Crippen LogP) is 3.98. The minimum atomic E-state index is -0.439. The monoisotopic (exact) mass is 397 g/mol. The lowest BCUT2D eigenvalue weighted by Gasteiger charge is -2.03. The highest BCUT2D eigenvalue weighted by molar-refractivity contribution is 7.17. The van der Waals surface area contributed by atoms with Crippen LogP contribution in [0.2, 0.25) is 0 Å². The number of hydrogen-bond acceptors (Lipinski definition) is 7. The largest absolute Gasteiger partial charge is 0.486 e. The van der Waals surface area contributed by atoms with Crippen LogP contribution in [-0.4, -0.2) is 24.7 Å². The second kappa shape index (κ2) is 7.53. The zero-order valence-electron chi connectivity index (χ0n) is 14.2. The Labute approximate surface area is 161 Å². The number of ether oxygens (including phenoxy) is 1. The van der Waals surface area contributed by atoms with Crippen molar-refractivity contribution in [3.63, 3.8) is 0 Å². The molecule has 0 saturated carbocycles. The summed E-state index contributed by atoms with van der Waals surface area (Å²) in [6.45, 7) is 0.141. The summed E-state index contributed by atoms with van der Waals surface area (Å²) < 4.78 is 20.1. The van der Waals surface area contributed by atoms with E-state index in [0.29, 0.717) is 21.5 Å². The summed E-state index contributed by atoms with van der Waals surface area (Å²) in [6, 6.07) is 11.9. The Hall–Kier alpha value is -3.66. The Morgan fingerprint density at radius 2 is 1.86 bits per heavy atom. The summed E-state index contributed by atoms with van der Waals surface area (Å²) in [7, 11) is 0. The number of nitrogens with zero attached hydrogens (tertiary/aromatic N) is 5. The van der Waals surface area contributed by atoms with Crippen LogP contribution >= 0.6 is 11.3 Å². The first-order valence-electron chi connectivity index (χ1n) is 8.10. The van der Waals surface area contributed by atoms with Crippen LogP contribution in [0.4, 0.5) is 10.1 Å². The van der Waals surface area contributed by atoms with E-state index in [9.17, 15) is 14.5 Å². The summed E-state index contributed by atoms with van der Waals surface area (Å²) in [4.78, 5) is 10.9. The third-order valence-electron chi connectivity index (χ3n) is 3.77.